The maximum absolute atomic E-state index is 12.6. The molecule has 2 aromatic rings. The quantitative estimate of drug-likeness (QED) is 0.760. The molecule has 7 nitrogen and oxygen atoms in total. The zero-order valence-electron chi connectivity index (χ0n) is 14.4. The number of amides is 1. The number of benzene rings is 1. The number of rotatable bonds is 6. The van der Waals surface area contributed by atoms with Gasteiger partial charge in [0.1, 0.15) is 5.82 Å². The van der Waals surface area contributed by atoms with Gasteiger partial charge in [0.25, 0.3) is 10.0 Å². The Morgan fingerprint density at radius 2 is 2.15 bits per heavy atom. The SMILES string of the molecule is C=CCNc1ccc(NS(=O)(=O)c2ccc3c(c2)CCN3C(C)=O)nc1. The molecule has 3 rings (SSSR count). The van der Waals surface area contributed by atoms with Crippen molar-refractivity contribution in [3.05, 3.63) is 54.7 Å². The summed E-state index contributed by atoms with van der Waals surface area (Å²) in [6, 6.07) is 8.12. The molecule has 0 saturated heterocycles. The van der Waals surface area contributed by atoms with E-state index >= 15 is 0 Å². The van der Waals surface area contributed by atoms with Crippen LogP contribution in [0.15, 0.2) is 54.1 Å². The topological polar surface area (TPSA) is 91.4 Å². The summed E-state index contributed by atoms with van der Waals surface area (Å²) in [5.41, 5.74) is 2.39. The van der Waals surface area contributed by atoms with E-state index in [1.165, 1.54) is 13.0 Å². The van der Waals surface area contributed by atoms with Gasteiger partial charge in [0.05, 0.1) is 16.8 Å². The number of pyridine rings is 1. The van der Waals surface area contributed by atoms with Crippen molar-refractivity contribution in [2.75, 3.05) is 28.0 Å². The summed E-state index contributed by atoms with van der Waals surface area (Å²) < 4.78 is 27.7. The third-order valence-electron chi connectivity index (χ3n) is 4.09. The fourth-order valence-electron chi connectivity index (χ4n) is 2.82. The number of anilines is 3. The predicted octanol–water partition coefficient (Wildman–Crippen LogP) is 2.39. The van der Waals surface area contributed by atoms with Crippen molar-refractivity contribution in [2.45, 2.75) is 18.2 Å². The smallest absolute Gasteiger partial charge is 0.263 e. The lowest BCUT2D eigenvalue weighted by molar-refractivity contribution is -0.116. The number of nitrogens with one attached hydrogen (secondary N) is 2. The van der Waals surface area contributed by atoms with E-state index < -0.39 is 10.0 Å². The van der Waals surface area contributed by atoms with Crippen molar-refractivity contribution < 1.29 is 13.2 Å². The zero-order chi connectivity index (χ0) is 18.7. The third-order valence-corrected chi connectivity index (χ3v) is 5.44. The van der Waals surface area contributed by atoms with Crippen molar-refractivity contribution in [3.8, 4) is 0 Å². The highest BCUT2D eigenvalue weighted by Gasteiger charge is 2.25. The van der Waals surface area contributed by atoms with Crippen molar-refractivity contribution in [2.24, 2.45) is 0 Å². The molecule has 0 atom stereocenters. The van der Waals surface area contributed by atoms with Crippen molar-refractivity contribution in [1.29, 1.82) is 0 Å². The largest absolute Gasteiger partial charge is 0.380 e. The van der Waals surface area contributed by atoms with Gasteiger partial charge in [0.2, 0.25) is 5.91 Å². The maximum atomic E-state index is 12.6. The van der Waals surface area contributed by atoms with Crippen LogP contribution >= 0.6 is 0 Å². The first-order chi connectivity index (χ1) is 12.4. The Morgan fingerprint density at radius 1 is 1.35 bits per heavy atom. The van der Waals surface area contributed by atoms with Crippen LogP contribution in [-0.2, 0) is 21.2 Å². The lowest BCUT2D eigenvalue weighted by atomic mass is 10.2. The van der Waals surface area contributed by atoms with E-state index in [-0.39, 0.29) is 16.6 Å². The van der Waals surface area contributed by atoms with Gasteiger partial charge in [-0.3, -0.25) is 9.52 Å². The summed E-state index contributed by atoms with van der Waals surface area (Å²) in [6.45, 7) is 6.29. The van der Waals surface area contributed by atoms with Crippen molar-refractivity contribution in [1.82, 2.24) is 4.98 Å². The average Bonchev–Trinajstić information content (AvgIpc) is 3.04. The van der Waals surface area contributed by atoms with E-state index in [2.05, 4.69) is 21.6 Å². The van der Waals surface area contributed by atoms with E-state index in [0.717, 1.165) is 16.9 Å². The Hall–Kier alpha value is -2.87. The summed E-state index contributed by atoms with van der Waals surface area (Å²) in [5, 5.41) is 3.07. The average molecular weight is 372 g/mol. The number of hydrogen-bond acceptors (Lipinski definition) is 5. The number of hydrogen-bond donors (Lipinski definition) is 2. The number of nitrogens with zero attached hydrogens (tertiary/aromatic N) is 2. The first-order valence-corrected chi connectivity index (χ1v) is 9.64. The Labute approximate surface area is 152 Å². The molecule has 0 fully saturated rings. The highest BCUT2D eigenvalue weighted by molar-refractivity contribution is 7.92. The third kappa shape index (κ3) is 3.70. The standard InChI is InChI=1S/C18H20N4O3S/c1-3-9-19-15-4-7-18(20-12-15)21-26(24,25)16-5-6-17-14(11-16)8-10-22(17)13(2)23/h3-7,11-12,19H,1,8-10H2,2H3,(H,20,21). The minimum atomic E-state index is -3.75. The fourth-order valence-corrected chi connectivity index (χ4v) is 3.88. The Balaban J connectivity index is 1.78. The normalized spacial score (nSPS) is 13.2. The Bertz CT molecular complexity index is 939. The molecule has 0 aliphatic carbocycles. The van der Waals surface area contributed by atoms with Crippen LogP contribution in [0.1, 0.15) is 12.5 Å². The van der Waals surface area contributed by atoms with Crippen LogP contribution in [0.4, 0.5) is 17.2 Å². The number of fused-ring (bicyclic) bond motifs is 1. The molecule has 136 valence electrons. The molecule has 1 aliphatic rings. The molecular formula is C18H20N4O3S. The molecule has 0 bridgehead atoms. The number of aromatic nitrogens is 1. The molecule has 1 aromatic carbocycles. The highest BCUT2D eigenvalue weighted by Crippen LogP contribution is 2.30. The molecule has 0 saturated carbocycles. The Kier molecular flexibility index (Phi) is 4.94. The highest BCUT2D eigenvalue weighted by atomic mass is 32.2. The van der Waals surface area contributed by atoms with E-state index in [9.17, 15) is 13.2 Å². The monoisotopic (exact) mass is 372 g/mol. The predicted molar refractivity (Wildman–Crippen MR) is 102 cm³/mol. The molecule has 1 amide bonds. The van der Waals surface area contributed by atoms with Gasteiger partial charge in [-0.15, -0.1) is 6.58 Å². The van der Waals surface area contributed by atoms with Crippen LogP contribution in [0, 0.1) is 0 Å². The van der Waals surface area contributed by atoms with Crippen LogP contribution in [0.3, 0.4) is 0 Å². The second-order valence-electron chi connectivity index (χ2n) is 5.92. The van der Waals surface area contributed by atoms with Crippen molar-refractivity contribution in [3.63, 3.8) is 0 Å². The molecule has 8 heteroatoms. The summed E-state index contributed by atoms with van der Waals surface area (Å²) in [4.78, 5) is 17.5. The summed E-state index contributed by atoms with van der Waals surface area (Å²) >= 11 is 0. The molecule has 0 radical (unpaired) electrons. The molecule has 26 heavy (non-hydrogen) atoms. The zero-order valence-corrected chi connectivity index (χ0v) is 15.2. The van der Waals surface area contributed by atoms with E-state index in [0.29, 0.717) is 19.5 Å². The van der Waals surface area contributed by atoms with Gasteiger partial charge in [-0.2, -0.15) is 0 Å². The molecule has 2 N–H and O–H groups in total. The lowest BCUT2D eigenvalue weighted by Crippen LogP contribution is -2.25. The number of carbonyl (C=O) groups is 1. The van der Waals surface area contributed by atoms with Gasteiger partial charge in [-0.05, 0) is 42.3 Å². The minimum Gasteiger partial charge on any atom is -0.380 e. The summed E-state index contributed by atoms with van der Waals surface area (Å²) in [7, 11) is -3.75. The van der Waals surface area contributed by atoms with Crippen LogP contribution in [0.2, 0.25) is 0 Å². The lowest BCUT2D eigenvalue weighted by Gasteiger charge is -2.15. The molecular weight excluding hydrogens is 352 g/mol. The summed E-state index contributed by atoms with van der Waals surface area (Å²) in [5.74, 6) is 0.187. The van der Waals surface area contributed by atoms with Gasteiger partial charge in [-0.1, -0.05) is 6.08 Å². The van der Waals surface area contributed by atoms with Crippen LogP contribution < -0.4 is 14.9 Å². The summed E-state index contributed by atoms with van der Waals surface area (Å²) in [6.07, 6.45) is 3.91. The molecule has 1 aromatic heterocycles. The second-order valence-corrected chi connectivity index (χ2v) is 7.60. The second kappa shape index (κ2) is 7.17. The van der Waals surface area contributed by atoms with Gasteiger partial charge in [0.15, 0.2) is 0 Å². The molecule has 2 heterocycles. The van der Waals surface area contributed by atoms with Gasteiger partial charge < -0.3 is 10.2 Å². The molecule has 0 spiro atoms. The number of carbonyl (C=O) groups excluding carboxylic acids is 1. The molecule has 0 unspecified atom stereocenters. The first-order valence-electron chi connectivity index (χ1n) is 8.15. The van der Waals surface area contributed by atoms with Crippen LogP contribution in [-0.4, -0.2) is 32.4 Å². The van der Waals surface area contributed by atoms with Crippen LogP contribution in [0.25, 0.3) is 0 Å². The number of sulfonamides is 1. The van der Waals surface area contributed by atoms with E-state index in [1.54, 1.807) is 41.4 Å². The maximum Gasteiger partial charge on any atom is 0.263 e. The first kappa shape index (κ1) is 17.9. The van der Waals surface area contributed by atoms with E-state index in [4.69, 9.17) is 0 Å². The van der Waals surface area contributed by atoms with Crippen molar-refractivity contribution >= 4 is 33.1 Å². The van der Waals surface area contributed by atoms with Crippen LogP contribution in [0.5, 0.6) is 0 Å². The van der Waals surface area contributed by atoms with Gasteiger partial charge >= 0.3 is 0 Å². The molecule has 1 aliphatic heterocycles. The van der Waals surface area contributed by atoms with Gasteiger partial charge in [-0.25, -0.2) is 13.4 Å². The fraction of sp³-hybridized carbons (Fsp3) is 0.222. The minimum absolute atomic E-state index is 0.0492. The van der Waals surface area contributed by atoms with Gasteiger partial charge in [0, 0.05) is 25.7 Å². The van der Waals surface area contributed by atoms with E-state index in [1.807, 2.05) is 0 Å². The Morgan fingerprint density at radius 3 is 2.81 bits per heavy atom.